The number of hydrogen-bond acceptors (Lipinski definition) is 2. The maximum Gasteiger partial charge on any atom is 0.00491 e. The summed E-state index contributed by atoms with van der Waals surface area (Å²) < 4.78 is 0. The molecular weight excluding hydrogens is 256 g/mol. The van der Waals surface area contributed by atoms with E-state index in [0.717, 1.165) is 6.54 Å². The first-order valence-electron chi connectivity index (χ1n) is 9.33. The van der Waals surface area contributed by atoms with Gasteiger partial charge in [0, 0.05) is 6.04 Å². The van der Waals surface area contributed by atoms with E-state index in [9.17, 15) is 0 Å². The lowest BCUT2D eigenvalue weighted by atomic mass is 9.61. The molecule has 2 heteroatoms. The van der Waals surface area contributed by atoms with Gasteiger partial charge in [-0.25, -0.2) is 0 Å². The lowest BCUT2D eigenvalue weighted by molar-refractivity contribution is 0.0735. The second-order valence-corrected chi connectivity index (χ2v) is 8.69. The van der Waals surface area contributed by atoms with Crippen LogP contribution >= 0.6 is 0 Å². The van der Waals surface area contributed by atoms with Gasteiger partial charge in [-0.05, 0) is 49.5 Å². The maximum absolute atomic E-state index is 6.29. The molecule has 0 saturated heterocycles. The second kappa shape index (κ2) is 9.15. The maximum atomic E-state index is 6.29. The Morgan fingerprint density at radius 2 is 1.33 bits per heavy atom. The fourth-order valence-electron chi connectivity index (χ4n) is 4.66. The van der Waals surface area contributed by atoms with E-state index in [1.807, 2.05) is 0 Å². The van der Waals surface area contributed by atoms with Crippen molar-refractivity contribution in [3.05, 3.63) is 0 Å². The first-order chi connectivity index (χ1) is 9.87. The highest BCUT2D eigenvalue weighted by molar-refractivity contribution is 4.92. The van der Waals surface area contributed by atoms with Crippen LogP contribution in [-0.4, -0.2) is 12.6 Å². The molecule has 0 aliphatic heterocycles. The third-order valence-corrected chi connectivity index (χ3v) is 5.21. The van der Waals surface area contributed by atoms with Gasteiger partial charge in [0.05, 0.1) is 0 Å². The topological polar surface area (TPSA) is 52.0 Å². The molecule has 2 atom stereocenters. The largest absolute Gasteiger partial charge is 0.330 e. The molecule has 0 amide bonds. The van der Waals surface area contributed by atoms with Crippen LogP contribution in [0.1, 0.15) is 97.8 Å². The summed E-state index contributed by atoms with van der Waals surface area (Å²) in [4.78, 5) is 0. The van der Waals surface area contributed by atoms with Gasteiger partial charge in [0.2, 0.25) is 0 Å². The minimum Gasteiger partial charge on any atom is -0.330 e. The highest BCUT2D eigenvalue weighted by Crippen LogP contribution is 2.48. The lowest BCUT2D eigenvalue weighted by Gasteiger charge is -2.46. The third-order valence-electron chi connectivity index (χ3n) is 5.21. The van der Waals surface area contributed by atoms with Crippen molar-refractivity contribution < 1.29 is 0 Å². The number of rotatable bonds is 10. The molecule has 2 nitrogen and oxygen atoms in total. The molecule has 2 unspecified atom stereocenters. The Bertz CT molecular complexity index is 275. The zero-order valence-corrected chi connectivity index (χ0v) is 14.9. The molecule has 21 heavy (non-hydrogen) atoms. The van der Waals surface area contributed by atoms with Crippen molar-refractivity contribution in [2.75, 3.05) is 6.54 Å². The Balaban J connectivity index is 2.08. The summed E-state index contributed by atoms with van der Waals surface area (Å²) in [6, 6.07) is 0.418. The molecule has 1 rings (SSSR count). The Morgan fingerprint density at radius 3 is 1.86 bits per heavy atom. The van der Waals surface area contributed by atoms with E-state index in [0.29, 0.717) is 16.9 Å². The van der Waals surface area contributed by atoms with Crippen molar-refractivity contribution in [2.45, 2.75) is 104 Å². The first kappa shape index (κ1) is 19.0. The van der Waals surface area contributed by atoms with Gasteiger partial charge in [-0.2, -0.15) is 0 Å². The Kier molecular flexibility index (Phi) is 8.26. The van der Waals surface area contributed by atoms with Crippen LogP contribution in [0.25, 0.3) is 0 Å². The third kappa shape index (κ3) is 8.21. The Labute approximate surface area is 133 Å². The van der Waals surface area contributed by atoms with Crippen molar-refractivity contribution in [3.8, 4) is 0 Å². The molecule has 1 fully saturated rings. The Morgan fingerprint density at radius 1 is 0.810 bits per heavy atom. The number of hydrogen-bond donors (Lipinski definition) is 2. The van der Waals surface area contributed by atoms with Gasteiger partial charge in [-0.1, -0.05) is 65.7 Å². The summed E-state index contributed by atoms with van der Waals surface area (Å²) in [5, 5.41) is 0. The van der Waals surface area contributed by atoms with Crippen LogP contribution in [0.5, 0.6) is 0 Å². The minimum absolute atomic E-state index is 0.418. The first-order valence-corrected chi connectivity index (χ1v) is 9.33. The number of unbranched alkanes of at least 4 members (excludes halogenated alkanes) is 7. The summed E-state index contributed by atoms with van der Waals surface area (Å²) in [5.74, 6) is 0. The normalized spacial score (nSPS) is 28.7. The summed E-state index contributed by atoms with van der Waals surface area (Å²) >= 11 is 0. The average Bonchev–Trinajstić information content (AvgIpc) is 2.33. The Hall–Kier alpha value is -0.0800. The van der Waals surface area contributed by atoms with Crippen LogP contribution in [0.3, 0.4) is 0 Å². The summed E-state index contributed by atoms with van der Waals surface area (Å²) in [5.41, 5.74) is 12.7. The van der Waals surface area contributed by atoms with Crippen LogP contribution < -0.4 is 11.5 Å². The van der Waals surface area contributed by atoms with E-state index < -0.39 is 0 Å². The quantitative estimate of drug-likeness (QED) is 0.557. The molecule has 0 spiro atoms. The van der Waals surface area contributed by atoms with E-state index in [4.69, 9.17) is 11.5 Å². The van der Waals surface area contributed by atoms with Crippen molar-refractivity contribution >= 4 is 0 Å². The SMILES string of the molecule is CC1(C)CC(N)CC(C)(CCCCCCCCCCN)C1. The van der Waals surface area contributed by atoms with Gasteiger partial charge in [-0.15, -0.1) is 0 Å². The molecule has 126 valence electrons. The van der Waals surface area contributed by atoms with Gasteiger partial charge in [-0.3, -0.25) is 0 Å². The molecular formula is C19H40N2. The average molecular weight is 297 g/mol. The van der Waals surface area contributed by atoms with E-state index in [-0.39, 0.29) is 0 Å². The summed E-state index contributed by atoms with van der Waals surface area (Å²) in [6.45, 7) is 8.12. The highest BCUT2D eigenvalue weighted by atomic mass is 14.7. The van der Waals surface area contributed by atoms with E-state index in [2.05, 4.69) is 20.8 Å². The molecule has 0 bridgehead atoms. The lowest BCUT2D eigenvalue weighted by Crippen LogP contribution is -2.42. The van der Waals surface area contributed by atoms with Crippen LogP contribution in [0.2, 0.25) is 0 Å². The second-order valence-electron chi connectivity index (χ2n) is 8.69. The smallest absolute Gasteiger partial charge is 0.00491 e. The summed E-state index contributed by atoms with van der Waals surface area (Å²) in [7, 11) is 0. The van der Waals surface area contributed by atoms with Gasteiger partial charge in [0.1, 0.15) is 0 Å². The van der Waals surface area contributed by atoms with Crippen LogP contribution in [-0.2, 0) is 0 Å². The van der Waals surface area contributed by atoms with E-state index in [1.54, 1.807) is 0 Å². The van der Waals surface area contributed by atoms with Crippen LogP contribution in [0, 0.1) is 10.8 Å². The molecule has 0 aromatic rings. The van der Waals surface area contributed by atoms with E-state index in [1.165, 1.54) is 77.0 Å². The standard InChI is InChI=1S/C19H40N2/c1-18(2)14-17(21)15-19(3,16-18)12-10-8-6-4-5-7-9-11-13-20/h17H,4-16,20-21H2,1-3H3. The fourth-order valence-corrected chi connectivity index (χ4v) is 4.66. The fraction of sp³-hybridized carbons (Fsp3) is 1.00. The molecule has 4 N–H and O–H groups in total. The predicted octanol–water partition coefficient (Wildman–Crippen LogP) is 5.00. The molecule has 0 heterocycles. The van der Waals surface area contributed by atoms with Gasteiger partial charge in [0.15, 0.2) is 0 Å². The van der Waals surface area contributed by atoms with Crippen molar-refractivity contribution in [1.82, 2.24) is 0 Å². The van der Waals surface area contributed by atoms with Crippen molar-refractivity contribution in [2.24, 2.45) is 22.3 Å². The molecule has 0 radical (unpaired) electrons. The summed E-state index contributed by atoms with van der Waals surface area (Å²) in [6.07, 6.45) is 16.1. The predicted molar refractivity (Wildman–Crippen MR) is 94.3 cm³/mol. The minimum atomic E-state index is 0.418. The number of nitrogens with two attached hydrogens (primary N) is 2. The van der Waals surface area contributed by atoms with Gasteiger partial charge in [0.25, 0.3) is 0 Å². The zero-order valence-electron chi connectivity index (χ0n) is 14.9. The molecule has 1 saturated carbocycles. The molecule has 0 aromatic heterocycles. The zero-order chi connectivity index (χ0) is 15.8. The van der Waals surface area contributed by atoms with Crippen LogP contribution in [0.15, 0.2) is 0 Å². The van der Waals surface area contributed by atoms with Gasteiger partial charge >= 0.3 is 0 Å². The molecule has 0 aromatic carbocycles. The molecule has 1 aliphatic carbocycles. The van der Waals surface area contributed by atoms with Crippen molar-refractivity contribution in [3.63, 3.8) is 0 Å². The molecule has 1 aliphatic rings. The van der Waals surface area contributed by atoms with Gasteiger partial charge < -0.3 is 11.5 Å². The van der Waals surface area contributed by atoms with Crippen LogP contribution in [0.4, 0.5) is 0 Å². The van der Waals surface area contributed by atoms with Crippen molar-refractivity contribution in [1.29, 1.82) is 0 Å². The van der Waals surface area contributed by atoms with E-state index >= 15 is 0 Å². The highest BCUT2D eigenvalue weighted by Gasteiger charge is 2.39. The monoisotopic (exact) mass is 296 g/mol.